The average molecular weight is 320 g/mol. The molecule has 1 aromatic carbocycles. The zero-order valence-corrected chi connectivity index (χ0v) is 12.7. The van der Waals surface area contributed by atoms with Gasteiger partial charge in [0.1, 0.15) is 0 Å². The number of ether oxygens (including phenoxy) is 1. The van der Waals surface area contributed by atoms with Crippen molar-refractivity contribution >= 4 is 21.6 Å². The molecule has 2 N–H and O–H groups in total. The van der Waals surface area contributed by atoms with Crippen LogP contribution in [0.3, 0.4) is 0 Å². The van der Waals surface area contributed by atoms with E-state index in [2.05, 4.69) is 4.72 Å². The van der Waals surface area contributed by atoms with Crippen molar-refractivity contribution in [3.8, 4) is 0 Å². The van der Waals surface area contributed by atoms with E-state index in [0.29, 0.717) is 30.0 Å². The van der Waals surface area contributed by atoms with Crippen LogP contribution in [0.15, 0.2) is 23.1 Å². The first-order chi connectivity index (χ1) is 9.46. The summed E-state index contributed by atoms with van der Waals surface area (Å²) >= 11 is 5.85. The van der Waals surface area contributed by atoms with Gasteiger partial charge in [-0.1, -0.05) is 11.6 Å². The molecule has 0 aromatic heterocycles. The van der Waals surface area contributed by atoms with Crippen LogP contribution in [0.25, 0.3) is 0 Å². The van der Waals surface area contributed by atoms with Gasteiger partial charge in [0.25, 0.3) is 0 Å². The van der Waals surface area contributed by atoms with Gasteiger partial charge in [-0.2, -0.15) is 0 Å². The number of hydrogen-bond donors (Lipinski definition) is 2. The van der Waals surface area contributed by atoms with Gasteiger partial charge in [0.15, 0.2) is 0 Å². The first kappa shape index (κ1) is 15.7. The Morgan fingerprint density at radius 3 is 2.75 bits per heavy atom. The van der Waals surface area contributed by atoms with Crippen LogP contribution >= 0.6 is 11.6 Å². The molecular weight excluding hydrogens is 302 g/mol. The molecule has 1 fully saturated rings. The summed E-state index contributed by atoms with van der Waals surface area (Å²) in [5, 5.41) is 9.48. The predicted molar refractivity (Wildman–Crippen MR) is 76.1 cm³/mol. The van der Waals surface area contributed by atoms with Gasteiger partial charge < -0.3 is 9.84 Å². The maximum Gasteiger partial charge on any atom is 0.240 e. The van der Waals surface area contributed by atoms with Crippen LogP contribution in [0.4, 0.5) is 0 Å². The van der Waals surface area contributed by atoms with E-state index in [1.54, 1.807) is 0 Å². The summed E-state index contributed by atoms with van der Waals surface area (Å²) in [4.78, 5) is 0.116. The predicted octanol–water partition coefficient (Wildman–Crippen LogP) is 1.68. The summed E-state index contributed by atoms with van der Waals surface area (Å²) in [5.41, 5.74) is 0.398. The lowest BCUT2D eigenvalue weighted by molar-refractivity contribution is -0.00475. The van der Waals surface area contributed by atoms with Crippen LogP contribution in [-0.2, 0) is 21.4 Å². The zero-order valence-electron chi connectivity index (χ0n) is 11.2. The molecule has 0 amide bonds. The molecule has 0 saturated heterocycles. The average Bonchev–Trinajstić information content (AvgIpc) is 2.36. The number of aliphatic hydroxyl groups is 1. The Labute approximate surface area is 124 Å². The summed E-state index contributed by atoms with van der Waals surface area (Å²) in [6.07, 6.45) is 1.52. The number of halogens is 1. The second kappa shape index (κ2) is 6.41. The smallest absolute Gasteiger partial charge is 0.240 e. The van der Waals surface area contributed by atoms with Crippen LogP contribution in [-0.4, -0.2) is 32.3 Å². The minimum atomic E-state index is -3.58. The monoisotopic (exact) mass is 319 g/mol. The Morgan fingerprint density at radius 2 is 2.15 bits per heavy atom. The van der Waals surface area contributed by atoms with Crippen LogP contribution in [0, 0.1) is 0 Å². The molecule has 1 aromatic rings. The molecule has 5 nitrogen and oxygen atoms in total. The van der Waals surface area contributed by atoms with E-state index >= 15 is 0 Å². The zero-order chi connectivity index (χ0) is 14.8. The second-order valence-electron chi connectivity index (χ2n) is 4.78. The van der Waals surface area contributed by atoms with Crippen molar-refractivity contribution in [3.05, 3.63) is 28.8 Å². The van der Waals surface area contributed by atoms with Crippen LogP contribution in [0.5, 0.6) is 0 Å². The lowest BCUT2D eigenvalue weighted by atomic mass is 9.90. The van der Waals surface area contributed by atoms with E-state index in [-0.39, 0.29) is 23.6 Å². The van der Waals surface area contributed by atoms with Crippen molar-refractivity contribution < 1.29 is 18.3 Å². The summed E-state index contributed by atoms with van der Waals surface area (Å²) in [6.45, 7) is 2.26. The van der Waals surface area contributed by atoms with Gasteiger partial charge in [0.05, 0.1) is 17.6 Å². The van der Waals surface area contributed by atoms with Crippen molar-refractivity contribution in [2.45, 2.75) is 43.4 Å². The molecule has 0 spiro atoms. The largest absolute Gasteiger partial charge is 0.392 e. The van der Waals surface area contributed by atoms with E-state index in [1.165, 1.54) is 18.2 Å². The molecule has 0 atom stereocenters. The first-order valence-electron chi connectivity index (χ1n) is 6.49. The molecule has 0 heterocycles. The van der Waals surface area contributed by atoms with Crippen molar-refractivity contribution in [2.75, 3.05) is 6.61 Å². The summed E-state index contributed by atoms with van der Waals surface area (Å²) < 4.78 is 32.4. The third kappa shape index (κ3) is 3.51. The van der Waals surface area contributed by atoms with Gasteiger partial charge in [-0.05, 0) is 43.5 Å². The fourth-order valence-electron chi connectivity index (χ4n) is 2.16. The number of benzene rings is 1. The van der Waals surface area contributed by atoms with Gasteiger partial charge in [0, 0.05) is 17.7 Å². The summed E-state index contributed by atoms with van der Waals surface area (Å²) in [7, 11) is -3.58. The Kier molecular flexibility index (Phi) is 5.04. The fourth-order valence-corrected chi connectivity index (χ4v) is 3.65. The van der Waals surface area contributed by atoms with Gasteiger partial charge in [-0.25, -0.2) is 13.1 Å². The molecule has 1 saturated carbocycles. The number of hydrogen-bond acceptors (Lipinski definition) is 4. The maximum absolute atomic E-state index is 12.2. The number of aliphatic hydroxyl groups excluding tert-OH is 1. The molecule has 0 unspecified atom stereocenters. The SMILES string of the molecule is CCOC1CC(NS(=O)(=O)c2ccc(Cl)c(CO)c2)C1. The van der Waals surface area contributed by atoms with Crippen molar-refractivity contribution in [3.63, 3.8) is 0 Å². The molecule has 2 rings (SSSR count). The highest BCUT2D eigenvalue weighted by atomic mass is 35.5. The second-order valence-corrected chi connectivity index (χ2v) is 6.90. The van der Waals surface area contributed by atoms with Crippen LogP contribution in [0.2, 0.25) is 5.02 Å². The van der Waals surface area contributed by atoms with E-state index in [0.717, 1.165) is 0 Å². The molecule has 7 heteroatoms. The van der Waals surface area contributed by atoms with Gasteiger partial charge >= 0.3 is 0 Å². The Morgan fingerprint density at radius 1 is 1.45 bits per heavy atom. The molecule has 1 aliphatic rings. The quantitative estimate of drug-likeness (QED) is 0.836. The third-order valence-electron chi connectivity index (χ3n) is 3.32. The van der Waals surface area contributed by atoms with E-state index in [1.807, 2.05) is 6.92 Å². The van der Waals surface area contributed by atoms with Gasteiger partial charge in [0.2, 0.25) is 10.0 Å². The Bertz CT molecular complexity index is 570. The van der Waals surface area contributed by atoms with Gasteiger partial charge in [-0.3, -0.25) is 0 Å². The third-order valence-corrected chi connectivity index (χ3v) is 5.20. The summed E-state index contributed by atoms with van der Waals surface area (Å²) in [5.74, 6) is 0. The minimum absolute atomic E-state index is 0.0928. The fraction of sp³-hybridized carbons (Fsp3) is 0.538. The van der Waals surface area contributed by atoms with E-state index in [9.17, 15) is 8.42 Å². The molecular formula is C13H18ClNO4S. The standard InChI is InChI=1S/C13H18ClNO4S/c1-2-19-11-6-10(7-11)15-20(17,18)12-3-4-13(14)9(5-12)8-16/h3-5,10-11,15-16H,2,6-8H2,1H3. The lowest BCUT2D eigenvalue weighted by Crippen LogP contribution is -2.47. The Balaban J connectivity index is 2.04. The number of nitrogens with one attached hydrogen (secondary N) is 1. The number of sulfonamides is 1. The molecule has 0 radical (unpaired) electrons. The van der Waals surface area contributed by atoms with Crippen molar-refractivity contribution in [1.82, 2.24) is 4.72 Å². The van der Waals surface area contributed by atoms with Crippen LogP contribution in [0.1, 0.15) is 25.3 Å². The molecule has 1 aliphatic carbocycles. The molecule has 112 valence electrons. The Hall–Kier alpha value is -0.660. The van der Waals surface area contributed by atoms with Crippen LogP contribution < -0.4 is 4.72 Å². The highest BCUT2D eigenvalue weighted by Gasteiger charge is 2.33. The maximum atomic E-state index is 12.2. The minimum Gasteiger partial charge on any atom is -0.392 e. The van der Waals surface area contributed by atoms with Crippen molar-refractivity contribution in [1.29, 1.82) is 0 Å². The van der Waals surface area contributed by atoms with E-state index < -0.39 is 10.0 Å². The molecule has 0 aliphatic heterocycles. The number of rotatable bonds is 6. The molecule has 20 heavy (non-hydrogen) atoms. The first-order valence-corrected chi connectivity index (χ1v) is 8.35. The topological polar surface area (TPSA) is 75.6 Å². The highest BCUT2D eigenvalue weighted by molar-refractivity contribution is 7.89. The van der Waals surface area contributed by atoms with Crippen molar-refractivity contribution in [2.24, 2.45) is 0 Å². The highest BCUT2D eigenvalue weighted by Crippen LogP contribution is 2.26. The van der Waals surface area contributed by atoms with Gasteiger partial charge in [-0.15, -0.1) is 0 Å². The summed E-state index contributed by atoms with van der Waals surface area (Å²) in [6, 6.07) is 4.21. The molecule has 0 bridgehead atoms. The van der Waals surface area contributed by atoms with E-state index in [4.69, 9.17) is 21.4 Å². The normalized spacial score (nSPS) is 22.6. The lowest BCUT2D eigenvalue weighted by Gasteiger charge is -2.35.